The number of aryl methyl sites for hydroxylation is 1. The van der Waals surface area contributed by atoms with Gasteiger partial charge in [0.15, 0.2) is 5.76 Å². The monoisotopic (exact) mass is 692 g/mol. The Morgan fingerprint density at radius 2 is 1.78 bits per heavy atom. The lowest BCUT2D eigenvalue weighted by atomic mass is 9.81. The molecule has 0 spiro atoms. The number of aliphatic hydroxyl groups excluding tert-OH is 1. The number of hydrogen-bond acceptors (Lipinski definition) is 9. The summed E-state index contributed by atoms with van der Waals surface area (Å²) in [4.78, 5) is 43.4. The van der Waals surface area contributed by atoms with Crippen LogP contribution in [0.1, 0.15) is 91.0 Å². The highest BCUT2D eigenvalue weighted by molar-refractivity contribution is 5.91. The van der Waals surface area contributed by atoms with Crippen molar-refractivity contribution in [2.45, 2.75) is 97.4 Å². The number of carbonyl (C=O) groups excluding carboxylic acids is 3. The van der Waals surface area contributed by atoms with Crippen molar-refractivity contribution in [3.8, 4) is 17.1 Å². The van der Waals surface area contributed by atoms with Gasteiger partial charge in [0.05, 0.1) is 24.4 Å². The Kier molecular flexibility index (Phi) is 10.9. The zero-order valence-corrected chi connectivity index (χ0v) is 30.5. The van der Waals surface area contributed by atoms with E-state index < -0.39 is 23.7 Å². The van der Waals surface area contributed by atoms with Gasteiger partial charge in [-0.05, 0) is 68.8 Å². The molecule has 2 N–H and O–H groups in total. The normalized spacial score (nSPS) is 20.4. The lowest BCUT2D eigenvalue weighted by Crippen LogP contribution is -2.48. The molecule has 0 saturated carbocycles. The molecule has 2 aromatic heterocycles. The molecule has 0 unspecified atom stereocenters. The van der Waals surface area contributed by atoms with Gasteiger partial charge in [-0.3, -0.25) is 14.3 Å². The van der Waals surface area contributed by atoms with Gasteiger partial charge in [0, 0.05) is 50.8 Å². The minimum Gasteiger partial charge on any atom is -0.475 e. The van der Waals surface area contributed by atoms with Crippen molar-refractivity contribution in [2.75, 3.05) is 26.2 Å². The number of amides is 3. The minimum atomic E-state index is -0.833. The smallest absolute Gasteiger partial charge is 0.410 e. The summed E-state index contributed by atoms with van der Waals surface area (Å²) < 4.78 is 19.0. The van der Waals surface area contributed by atoms with Crippen LogP contribution in [-0.4, -0.2) is 91.7 Å². The van der Waals surface area contributed by atoms with Crippen LogP contribution in [0.15, 0.2) is 47.1 Å². The molecule has 0 radical (unpaired) electrons. The summed E-state index contributed by atoms with van der Waals surface area (Å²) in [7, 11) is 1.89. The highest BCUT2D eigenvalue weighted by Gasteiger charge is 2.44. The highest BCUT2D eigenvalue weighted by Crippen LogP contribution is 2.35. The van der Waals surface area contributed by atoms with Crippen LogP contribution in [0.5, 0.6) is 5.88 Å². The van der Waals surface area contributed by atoms with Crippen LogP contribution >= 0.6 is 0 Å². The van der Waals surface area contributed by atoms with Crippen molar-refractivity contribution in [3.05, 3.63) is 53.9 Å². The first-order chi connectivity index (χ1) is 23.5. The molecule has 2 aliphatic rings. The molecule has 13 nitrogen and oxygen atoms in total. The van der Waals surface area contributed by atoms with E-state index in [1.807, 2.05) is 78.9 Å². The topological polar surface area (TPSA) is 152 Å². The maximum atomic E-state index is 14.1. The largest absolute Gasteiger partial charge is 0.475 e. The summed E-state index contributed by atoms with van der Waals surface area (Å²) in [5.41, 5.74) is 2.18. The number of rotatable bonds is 10. The van der Waals surface area contributed by atoms with E-state index >= 15 is 0 Å². The fraction of sp³-hybridized carbons (Fsp3) is 0.595. The van der Waals surface area contributed by atoms with Gasteiger partial charge in [0.25, 0.3) is 5.88 Å². The Morgan fingerprint density at radius 3 is 2.38 bits per heavy atom. The average molecular weight is 693 g/mol. The Bertz CT molecular complexity index is 1630. The lowest BCUT2D eigenvalue weighted by Gasteiger charge is -2.39. The Balaban J connectivity index is 1.19. The summed E-state index contributed by atoms with van der Waals surface area (Å²) >= 11 is 0. The molecule has 2 saturated heterocycles. The summed E-state index contributed by atoms with van der Waals surface area (Å²) in [6.07, 6.45) is 2.23. The van der Waals surface area contributed by atoms with Crippen molar-refractivity contribution in [1.29, 1.82) is 0 Å². The van der Waals surface area contributed by atoms with Crippen molar-refractivity contribution in [1.82, 2.24) is 30.1 Å². The molecule has 4 heterocycles. The van der Waals surface area contributed by atoms with E-state index in [9.17, 15) is 19.5 Å². The second-order valence-corrected chi connectivity index (χ2v) is 15.4. The molecule has 0 aliphatic carbocycles. The number of aliphatic hydroxyl groups is 1. The van der Waals surface area contributed by atoms with Crippen LogP contribution in [-0.2, 0) is 21.4 Å². The Labute approximate surface area is 294 Å². The van der Waals surface area contributed by atoms with Crippen LogP contribution in [0.4, 0.5) is 4.79 Å². The van der Waals surface area contributed by atoms with Gasteiger partial charge in [-0.1, -0.05) is 45.0 Å². The third-order valence-electron chi connectivity index (χ3n) is 9.69. The molecule has 3 amide bonds. The van der Waals surface area contributed by atoms with E-state index in [1.54, 1.807) is 21.8 Å². The number of β-amino-alcohol motifs (C(OH)–C–C–N with tert-alkyl or cyclic N) is 1. The van der Waals surface area contributed by atoms with E-state index in [-0.39, 0.29) is 54.1 Å². The lowest BCUT2D eigenvalue weighted by molar-refractivity contribution is -0.141. The standard InChI is InChI=1S/C37H52N6O7/c1-23(2)32(30-20-31(40-50-30)48-22-37(7)14-17-42(18-15-37)35(47)49-36(4,5)6)34(46)43-21-27(44)19-29(43)33(45)39-24(3)25-9-11-26(12-10-25)28-13-16-38-41(28)8/h9-13,16,20,23-24,27,29,32,44H,14-15,17-19,21-22H2,1-8H3,(H,39,45)/t24-,27+,29-,32-/m0/s1. The number of likely N-dealkylation sites (tertiary alicyclic amines) is 2. The molecule has 2 aliphatic heterocycles. The average Bonchev–Trinajstić information content (AvgIpc) is 3.79. The van der Waals surface area contributed by atoms with Crippen LogP contribution in [0.2, 0.25) is 0 Å². The van der Waals surface area contributed by atoms with Crippen LogP contribution < -0.4 is 10.1 Å². The van der Waals surface area contributed by atoms with E-state index in [2.05, 4.69) is 22.5 Å². The first-order valence-electron chi connectivity index (χ1n) is 17.5. The van der Waals surface area contributed by atoms with Gasteiger partial charge >= 0.3 is 6.09 Å². The van der Waals surface area contributed by atoms with Gasteiger partial charge in [0.2, 0.25) is 11.8 Å². The molecular formula is C37H52N6O7. The molecule has 3 aromatic rings. The molecule has 2 fully saturated rings. The van der Waals surface area contributed by atoms with Gasteiger partial charge < -0.3 is 34.2 Å². The second-order valence-electron chi connectivity index (χ2n) is 15.4. The van der Waals surface area contributed by atoms with Gasteiger partial charge in [-0.25, -0.2) is 4.79 Å². The van der Waals surface area contributed by atoms with Gasteiger partial charge in [-0.15, -0.1) is 0 Å². The van der Waals surface area contributed by atoms with E-state index in [4.69, 9.17) is 14.0 Å². The quantitative estimate of drug-likeness (QED) is 0.297. The molecule has 0 bridgehead atoms. The molecule has 4 atom stereocenters. The molecule has 1 aromatic carbocycles. The number of aromatic nitrogens is 3. The van der Waals surface area contributed by atoms with Crippen molar-refractivity contribution >= 4 is 17.9 Å². The van der Waals surface area contributed by atoms with Crippen molar-refractivity contribution in [3.63, 3.8) is 0 Å². The van der Waals surface area contributed by atoms with E-state index in [0.29, 0.717) is 25.5 Å². The van der Waals surface area contributed by atoms with Crippen LogP contribution in [0.3, 0.4) is 0 Å². The summed E-state index contributed by atoms with van der Waals surface area (Å²) in [5.74, 6) is -0.941. The van der Waals surface area contributed by atoms with Crippen LogP contribution in [0, 0.1) is 11.3 Å². The number of carbonyl (C=O) groups is 3. The second kappa shape index (κ2) is 14.8. The Hall–Kier alpha value is -4.39. The van der Waals surface area contributed by atoms with Crippen molar-refractivity contribution in [2.24, 2.45) is 18.4 Å². The number of ether oxygens (including phenoxy) is 2. The zero-order chi connectivity index (χ0) is 36.4. The maximum Gasteiger partial charge on any atom is 0.410 e. The maximum absolute atomic E-state index is 14.1. The highest BCUT2D eigenvalue weighted by atomic mass is 16.6. The molecule has 5 rings (SSSR count). The predicted octanol–water partition coefficient (Wildman–Crippen LogP) is 5.07. The number of nitrogens with zero attached hydrogens (tertiary/aromatic N) is 5. The fourth-order valence-corrected chi connectivity index (χ4v) is 6.65. The molecular weight excluding hydrogens is 640 g/mol. The number of piperidine rings is 1. The predicted molar refractivity (Wildman–Crippen MR) is 186 cm³/mol. The first-order valence-corrected chi connectivity index (χ1v) is 17.5. The molecule has 13 heteroatoms. The van der Waals surface area contributed by atoms with E-state index in [0.717, 1.165) is 29.7 Å². The third-order valence-corrected chi connectivity index (χ3v) is 9.69. The summed E-state index contributed by atoms with van der Waals surface area (Å²) in [6.45, 7) is 14.9. The first kappa shape index (κ1) is 36.9. The van der Waals surface area contributed by atoms with Crippen LogP contribution in [0.25, 0.3) is 11.3 Å². The van der Waals surface area contributed by atoms with Gasteiger partial charge in [-0.2, -0.15) is 5.10 Å². The third kappa shape index (κ3) is 8.66. The van der Waals surface area contributed by atoms with Gasteiger partial charge in [0.1, 0.15) is 17.6 Å². The number of nitrogens with one attached hydrogen (secondary N) is 1. The summed E-state index contributed by atoms with van der Waals surface area (Å²) in [5, 5.41) is 22.0. The fourth-order valence-electron chi connectivity index (χ4n) is 6.65. The van der Waals surface area contributed by atoms with Crippen molar-refractivity contribution < 1.29 is 33.5 Å². The SMILES string of the molecule is CC(C)[C@H](C(=O)N1C[C@H](O)C[C@H]1C(=O)N[C@@H](C)c1ccc(-c2ccnn2C)cc1)c1cc(OCC2(C)CCN(C(=O)OC(C)(C)C)CC2)no1. The number of hydrogen-bond donors (Lipinski definition) is 2. The molecule has 50 heavy (non-hydrogen) atoms. The summed E-state index contributed by atoms with van der Waals surface area (Å²) in [6, 6.07) is 10.3. The Morgan fingerprint density at radius 1 is 1.10 bits per heavy atom. The molecule has 272 valence electrons. The minimum absolute atomic E-state index is 0.0457. The van der Waals surface area contributed by atoms with E-state index in [1.165, 1.54) is 4.90 Å². The zero-order valence-electron chi connectivity index (χ0n) is 30.5. The number of benzene rings is 1.